The smallest absolute Gasteiger partial charge is 0.173 e. The fourth-order valence-corrected chi connectivity index (χ4v) is 3.22. The molecule has 3 rings (SSSR count). The molecule has 1 heterocycles. The molecule has 94 valence electrons. The fourth-order valence-electron chi connectivity index (χ4n) is 2.69. The van der Waals surface area contributed by atoms with Gasteiger partial charge in [-0.2, -0.15) is 0 Å². The zero-order chi connectivity index (χ0) is 12.5. The van der Waals surface area contributed by atoms with Gasteiger partial charge in [0.05, 0.1) is 6.26 Å². The molecule has 1 aliphatic rings. The number of benzene rings is 1. The molecule has 0 amide bonds. The molecular formula is C15H16BrNO. The van der Waals surface area contributed by atoms with E-state index in [1.807, 2.05) is 6.07 Å². The van der Waals surface area contributed by atoms with Crippen LogP contribution in [0.4, 0.5) is 0 Å². The molecule has 0 radical (unpaired) electrons. The van der Waals surface area contributed by atoms with Gasteiger partial charge in [-0.05, 0) is 64.4 Å². The molecule has 2 N–H and O–H groups in total. The lowest BCUT2D eigenvalue weighted by atomic mass is 9.99. The first-order valence-electron chi connectivity index (χ1n) is 6.33. The lowest BCUT2D eigenvalue weighted by molar-refractivity contribution is 0.531. The number of hydrogen-bond donors (Lipinski definition) is 1. The maximum Gasteiger partial charge on any atom is 0.173 e. The summed E-state index contributed by atoms with van der Waals surface area (Å²) in [5.41, 5.74) is 11.6. The van der Waals surface area contributed by atoms with Crippen molar-refractivity contribution in [2.75, 3.05) is 0 Å². The SMILES string of the molecule is NC(Cc1ccc2c(c1)CCC2)c1ccoc1Br. The van der Waals surface area contributed by atoms with Gasteiger partial charge in [0.15, 0.2) is 4.67 Å². The predicted molar refractivity (Wildman–Crippen MR) is 75.5 cm³/mol. The van der Waals surface area contributed by atoms with E-state index in [1.54, 1.807) is 6.26 Å². The molecule has 1 atom stereocenters. The minimum absolute atomic E-state index is 0.0161. The van der Waals surface area contributed by atoms with E-state index in [0.29, 0.717) is 0 Å². The number of fused-ring (bicyclic) bond motifs is 1. The molecule has 2 nitrogen and oxygen atoms in total. The highest BCUT2D eigenvalue weighted by atomic mass is 79.9. The third-order valence-corrected chi connectivity index (χ3v) is 4.31. The number of halogens is 1. The van der Waals surface area contributed by atoms with Crippen molar-refractivity contribution in [3.05, 3.63) is 57.5 Å². The fraction of sp³-hybridized carbons (Fsp3) is 0.333. The summed E-state index contributed by atoms with van der Waals surface area (Å²) in [5.74, 6) is 0. The van der Waals surface area contributed by atoms with Gasteiger partial charge in [-0.1, -0.05) is 18.2 Å². The van der Waals surface area contributed by atoms with Gasteiger partial charge < -0.3 is 10.2 Å². The molecular weight excluding hydrogens is 290 g/mol. The Morgan fingerprint density at radius 2 is 2.06 bits per heavy atom. The second-order valence-electron chi connectivity index (χ2n) is 4.92. The average Bonchev–Trinajstić information content (AvgIpc) is 2.96. The van der Waals surface area contributed by atoms with Crippen LogP contribution < -0.4 is 5.73 Å². The summed E-state index contributed by atoms with van der Waals surface area (Å²) in [6, 6.07) is 8.70. The number of furan rings is 1. The van der Waals surface area contributed by atoms with Crippen LogP contribution in [0.5, 0.6) is 0 Å². The van der Waals surface area contributed by atoms with Crippen molar-refractivity contribution in [3.63, 3.8) is 0 Å². The van der Waals surface area contributed by atoms with Gasteiger partial charge in [-0.3, -0.25) is 0 Å². The summed E-state index contributed by atoms with van der Waals surface area (Å²) in [6.45, 7) is 0. The van der Waals surface area contributed by atoms with Crippen LogP contribution >= 0.6 is 15.9 Å². The summed E-state index contributed by atoms with van der Waals surface area (Å²) in [7, 11) is 0. The summed E-state index contributed by atoms with van der Waals surface area (Å²) in [5, 5.41) is 0. The van der Waals surface area contributed by atoms with Crippen LogP contribution in [0.3, 0.4) is 0 Å². The Morgan fingerprint density at radius 3 is 2.83 bits per heavy atom. The van der Waals surface area contributed by atoms with Gasteiger partial charge in [-0.15, -0.1) is 0 Å². The molecule has 0 saturated heterocycles. The molecule has 0 spiro atoms. The zero-order valence-electron chi connectivity index (χ0n) is 10.2. The van der Waals surface area contributed by atoms with Gasteiger partial charge in [-0.25, -0.2) is 0 Å². The van der Waals surface area contributed by atoms with E-state index in [-0.39, 0.29) is 6.04 Å². The maximum absolute atomic E-state index is 6.23. The second-order valence-corrected chi connectivity index (χ2v) is 5.64. The standard InChI is InChI=1S/C15H16BrNO/c16-15-13(6-7-18-15)14(17)9-10-4-5-11-2-1-3-12(11)8-10/h4-8,14H,1-3,9,17H2. The maximum atomic E-state index is 6.23. The van der Waals surface area contributed by atoms with Crippen LogP contribution in [0.1, 0.15) is 34.7 Å². The first kappa shape index (κ1) is 12.0. The second kappa shape index (κ2) is 4.90. The number of aryl methyl sites for hydroxylation is 2. The van der Waals surface area contributed by atoms with Crippen LogP contribution in [-0.4, -0.2) is 0 Å². The summed E-state index contributed by atoms with van der Waals surface area (Å²) in [4.78, 5) is 0. The Bertz CT molecular complexity index is 561. The Balaban J connectivity index is 1.79. The lowest BCUT2D eigenvalue weighted by Gasteiger charge is -2.11. The topological polar surface area (TPSA) is 39.2 Å². The van der Waals surface area contributed by atoms with Crippen LogP contribution in [0.25, 0.3) is 0 Å². The van der Waals surface area contributed by atoms with Crippen molar-refractivity contribution in [2.24, 2.45) is 5.73 Å². The Hall–Kier alpha value is -1.06. The van der Waals surface area contributed by atoms with E-state index in [9.17, 15) is 0 Å². The van der Waals surface area contributed by atoms with Crippen molar-refractivity contribution in [1.82, 2.24) is 0 Å². The first-order chi connectivity index (χ1) is 8.74. The molecule has 18 heavy (non-hydrogen) atoms. The summed E-state index contributed by atoms with van der Waals surface area (Å²) < 4.78 is 5.98. The molecule has 1 aliphatic carbocycles. The van der Waals surface area contributed by atoms with Gasteiger partial charge >= 0.3 is 0 Å². The predicted octanol–water partition coefficient (Wildman–Crippen LogP) is 3.77. The Labute approximate surface area is 115 Å². The minimum Gasteiger partial charge on any atom is -0.457 e. The third-order valence-electron chi connectivity index (χ3n) is 3.66. The molecule has 1 unspecified atom stereocenters. The van der Waals surface area contributed by atoms with E-state index in [4.69, 9.17) is 10.2 Å². The van der Waals surface area contributed by atoms with Gasteiger partial charge in [0.1, 0.15) is 0 Å². The molecule has 0 aliphatic heterocycles. The highest BCUT2D eigenvalue weighted by Crippen LogP contribution is 2.28. The highest BCUT2D eigenvalue weighted by molar-refractivity contribution is 9.10. The van der Waals surface area contributed by atoms with Crippen molar-refractivity contribution in [3.8, 4) is 0 Å². The van der Waals surface area contributed by atoms with Crippen molar-refractivity contribution in [2.45, 2.75) is 31.7 Å². The largest absolute Gasteiger partial charge is 0.457 e. The van der Waals surface area contributed by atoms with Crippen molar-refractivity contribution >= 4 is 15.9 Å². The van der Waals surface area contributed by atoms with Crippen LogP contribution in [-0.2, 0) is 19.3 Å². The Kier molecular flexibility index (Phi) is 3.27. The van der Waals surface area contributed by atoms with Crippen molar-refractivity contribution < 1.29 is 4.42 Å². The molecule has 0 bridgehead atoms. The van der Waals surface area contributed by atoms with E-state index in [0.717, 1.165) is 16.7 Å². The van der Waals surface area contributed by atoms with Crippen LogP contribution in [0, 0.1) is 0 Å². The van der Waals surface area contributed by atoms with Gasteiger partial charge in [0.25, 0.3) is 0 Å². The molecule has 2 aromatic rings. The van der Waals surface area contributed by atoms with Crippen molar-refractivity contribution in [1.29, 1.82) is 0 Å². The van der Waals surface area contributed by atoms with E-state index < -0.39 is 0 Å². The molecule has 0 saturated carbocycles. The number of hydrogen-bond acceptors (Lipinski definition) is 2. The number of nitrogens with two attached hydrogens (primary N) is 1. The van der Waals surface area contributed by atoms with Gasteiger partial charge in [0, 0.05) is 11.6 Å². The van der Waals surface area contributed by atoms with Gasteiger partial charge in [0.2, 0.25) is 0 Å². The molecule has 3 heteroatoms. The number of rotatable bonds is 3. The summed E-state index contributed by atoms with van der Waals surface area (Å²) in [6.07, 6.45) is 6.26. The summed E-state index contributed by atoms with van der Waals surface area (Å²) >= 11 is 3.38. The molecule has 1 aromatic carbocycles. The normalized spacial score (nSPS) is 15.7. The van der Waals surface area contributed by atoms with Crippen LogP contribution in [0.2, 0.25) is 0 Å². The van der Waals surface area contributed by atoms with E-state index in [1.165, 1.54) is 36.0 Å². The molecule has 1 aromatic heterocycles. The quantitative estimate of drug-likeness (QED) is 0.937. The third kappa shape index (κ3) is 2.25. The highest BCUT2D eigenvalue weighted by Gasteiger charge is 2.15. The van der Waals surface area contributed by atoms with E-state index in [2.05, 4.69) is 34.1 Å². The average molecular weight is 306 g/mol. The van der Waals surface area contributed by atoms with Crippen LogP contribution in [0.15, 0.2) is 39.6 Å². The zero-order valence-corrected chi connectivity index (χ0v) is 11.7. The molecule has 0 fully saturated rings. The monoisotopic (exact) mass is 305 g/mol. The lowest BCUT2D eigenvalue weighted by Crippen LogP contribution is -2.13. The minimum atomic E-state index is -0.0161. The van der Waals surface area contributed by atoms with E-state index >= 15 is 0 Å². The Morgan fingerprint density at radius 1 is 1.22 bits per heavy atom. The first-order valence-corrected chi connectivity index (χ1v) is 7.12.